The zero-order valence-electron chi connectivity index (χ0n) is 12.9. The van der Waals surface area contributed by atoms with Crippen molar-refractivity contribution in [3.63, 3.8) is 0 Å². The number of hydrogen-bond donors (Lipinski definition) is 1. The second-order valence-electron chi connectivity index (χ2n) is 5.23. The summed E-state index contributed by atoms with van der Waals surface area (Å²) < 4.78 is 1.78. The fraction of sp³-hybridized carbons (Fsp3) is 0.0526. The fourth-order valence-electron chi connectivity index (χ4n) is 2.23. The molecule has 0 saturated heterocycles. The van der Waals surface area contributed by atoms with Crippen molar-refractivity contribution in [1.29, 1.82) is 0 Å². The molecule has 1 heterocycles. The summed E-state index contributed by atoms with van der Waals surface area (Å²) in [6.45, 7) is 0.659. The van der Waals surface area contributed by atoms with Crippen molar-refractivity contribution < 1.29 is 4.79 Å². The monoisotopic (exact) mass is 337 g/mol. The van der Waals surface area contributed by atoms with E-state index in [-0.39, 0.29) is 5.91 Å². The summed E-state index contributed by atoms with van der Waals surface area (Å²) in [4.78, 5) is 12.0. The van der Waals surface area contributed by atoms with Crippen LogP contribution in [-0.4, -0.2) is 15.7 Å². The molecule has 0 radical (unpaired) electrons. The average molecular weight is 338 g/mol. The van der Waals surface area contributed by atoms with Gasteiger partial charge in [-0.15, -0.1) is 0 Å². The summed E-state index contributed by atoms with van der Waals surface area (Å²) in [5.41, 5.74) is 1.95. The molecule has 24 heavy (non-hydrogen) atoms. The SMILES string of the molecule is O=C(/C=C/c1ccccc1Cl)Nc1ccn(Cc2ccccc2)n1. The van der Waals surface area contributed by atoms with E-state index in [4.69, 9.17) is 11.6 Å². The maximum atomic E-state index is 12.0. The first-order valence-corrected chi connectivity index (χ1v) is 7.89. The Labute approximate surface area is 145 Å². The lowest BCUT2D eigenvalue weighted by Gasteiger charge is -2.01. The van der Waals surface area contributed by atoms with Crippen molar-refractivity contribution in [3.8, 4) is 0 Å². The molecule has 0 unspecified atom stereocenters. The minimum Gasteiger partial charge on any atom is -0.306 e. The largest absolute Gasteiger partial charge is 0.306 e. The van der Waals surface area contributed by atoms with E-state index in [9.17, 15) is 4.79 Å². The molecule has 3 aromatic rings. The van der Waals surface area contributed by atoms with Crippen LogP contribution in [0.3, 0.4) is 0 Å². The minimum atomic E-state index is -0.250. The Morgan fingerprint density at radius 1 is 1.08 bits per heavy atom. The Bertz CT molecular complexity index is 856. The highest BCUT2D eigenvalue weighted by Crippen LogP contribution is 2.16. The first kappa shape index (κ1) is 16.0. The predicted octanol–water partition coefficient (Wildman–Crippen LogP) is 4.24. The Kier molecular flexibility index (Phi) is 5.08. The van der Waals surface area contributed by atoms with E-state index >= 15 is 0 Å². The summed E-state index contributed by atoms with van der Waals surface area (Å²) in [5, 5.41) is 7.69. The van der Waals surface area contributed by atoms with Crippen LogP contribution < -0.4 is 5.32 Å². The number of rotatable bonds is 5. The lowest BCUT2D eigenvalue weighted by Crippen LogP contribution is -2.09. The lowest BCUT2D eigenvalue weighted by atomic mass is 10.2. The standard InChI is InChI=1S/C19H16ClN3O/c20-17-9-5-4-8-16(17)10-11-19(24)21-18-12-13-23(22-18)14-15-6-2-1-3-7-15/h1-13H,14H2,(H,21,22,24)/b11-10+. The number of nitrogens with zero attached hydrogens (tertiary/aromatic N) is 2. The smallest absolute Gasteiger partial charge is 0.249 e. The Hall–Kier alpha value is -2.85. The molecular formula is C19H16ClN3O. The van der Waals surface area contributed by atoms with Crippen molar-refractivity contribution in [2.45, 2.75) is 6.54 Å². The van der Waals surface area contributed by atoms with Crippen LogP contribution >= 0.6 is 11.6 Å². The highest BCUT2D eigenvalue weighted by molar-refractivity contribution is 6.32. The number of halogens is 1. The van der Waals surface area contributed by atoms with E-state index < -0.39 is 0 Å². The van der Waals surface area contributed by atoms with Gasteiger partial charge in [-0.05, 0) is 23.3 Å². The number of amides is 1. The summed E-state index contributed by atoms with van der Waals surface area (Å²) in [5.74, 6) is 0.264. The normalized spacial score (nSPS) is 10.9. The summed E-state index contributed by atoms with van der Waals surface area (Å²) >= 11 is 6.05. The Balaban J connectivity index is 1.60. The van der Waals surface area contributed by atoms with Gasteiger partial charge in [-0.25, -0.2) is 0 Å². The molecule has 0 saturated carbocycles. The van der Waals surface area contributed by atoms with E-state index in [1.54, 1.807) is 22.9 Å². The molecular weight excluding hydrogens is 322 g/mol. The maximum Gasteiger partial charge on any atom is 0.249 e. The molecule has 0 bridgehead atoms. The first-order chi connectivity index (χ1) is 11.7. The van der Waals surface area contributed by atoms with Crippen LogP contribution in [0.5, 0.6) is 0 Å². The Morgan fingerprint density at radius 3 is 2.62 bits per heavy atom. The molecule has 1 amide bonds. The zero-order chi connectivity index (χ0) is 16.8. The van der Waals surface area contributed by atoms with E-state index in [0.29, 0.717) is 17.4 Å². The van der Waals surface area contributed by atoms with Crippen molar-refractivity contribution in [2.75, 3.05) is 5.32 Å². The molecule has 0 aliphatic heterocycles. The van der Waals surface area contributed by atoms with Crippen LogP contribution in [-0.2, 0) is 11.3 Å². The molecule has 0 atom stereocenters. The number of carbonyl (C=O) groups is 1. The number of hydrogen-bond acceptors (Lipinski definition) is 2. The maximum absolute atomic E-state index is 12.0. The van der Waals surface area contributed by atoms with Gasteiger partial charge in [-0.1, -0.05) is 60.1 Å². The minimum absolute atomic E-state index is 0.250. The van der Waals surface area contributed by atoms with Gasteiger partial charge in [0.05, 0.1) is 6.54 Å². The third kappa shape index (κ3) is 4.33. The highest BCUT2D eigenvalue weighted by atomic mass is 35.5. The predicted molar refractivity (Wildman–Crippen MR) is 96.9 cm³/mol. The van der Waals surface area contributed by atoms with E-state index in [1.807, 2.05) is 54.7 Å². The van der Waals surface area contributed by atoms with Crippen LogP contribution in [0.4, 0.5) is 5.82 Å². The van der Waals surface area contributed by atoms with E-state index in [1.165, 1.54) is 6.08 Å². The van der Waals surface area contributed by atoms with Crippen molar-refractivity contribution >= 4 is 29.4 Å². The van der Waals surface area contributed by atoms with Gasteiger partial charge in [0, 0.05) is 23.4 Å². The van der Waals surface area contributed by atoms with Gasteiger partial charge in [0.25, 0.3) is 0 Å². The molecule has 0 fully saturated rings. The molecule has 120 valence electrons. The topological polar surface area (TPSA) is 46.9 Å². The zero-order valence-corrected chi connectivity index (χ0v) is 13.6. The molecule has 3 rings (SSSR count). The molecule has 5 heteroatoms. The Morgan fingerprint density at radius 2 is 1.83 bits per heavy atom. The summed E-state index contributed by atoms with van der Waals surface area (Å²) in [7, 11) is 0. The lowest BCUT2D eigenvalue weighted by molar-refractivity contribution is -0.111. The second-order valence-corrected chi connectivity index (χ2v) is 5.64. The third-order valence-corrected chi connectivity index (χ3v) is 3.74. The van der Waals surface area contributed by atoms with E-state index in [2.05, 4.69) is 10.4 Å². The van der Waals surface area contributed by atoms with Gasteiger partial charge >= 0.3 is 0 Å². The van der Waals surface area contributed by atoms with Crippen LogP contribution in [0.25, 0.3) is 6.08 Å². The number of carbonyl (C=O) groups excluding carboxylic acids is 1. The van der Waals surface area contributed by atoms with Gasteiger partial charge in [0.1, 0.15) is 0 Å². The quantitative estimate of drug-likeness (QED) is 0.708. The van der Waals surface area contributed by atoms with Crippen molar-refractivity contribution in [3.05, 3.63) is 89.1 Å². The van der Waals surface area contributed by atoms with Gasteiger partial charge in [-0.3, -0.25) is 9.48 Å². The van der Waals surface area contributed by atoms with Crippen molar-refractivity contribution in [1.82, 2.24) is 9.78 Å². The fourth-order valence-corrected chi connectivity index (χ4v) is 2.43. The summed E-state index contributed by atoms with van der Waals surface area (Å²) in [6.07, 6.45) is 4.95. The van der Waals surface area contributed by atoms with Gasteiger partial charge in [-0.2, -0.15) is 5.10 Å². The average Bonchev–Trinajstić information content (AvgIpc) is 3.02. The molecule has 0 aliphatic rings. The number of anilines is 1. The molecule has 1 aromatic heterocycles. The second kappa shape index (κ2) is 7.62. The van der Waals surface area contributed by atoms with Crippen molar-refractivity contribution in [2.24, 2.45) is 0 Å². The molecule has 2 aromatic carbocycles. The first-order valence-electron chi connectivity index (χ1n) is 7.52. The van der Waals surface area contributed by atoms with Gasteiger partial charge in [0.2, 0.25) is 5.91 Å². The summed E-state index contributed by atoms with van der Waals surface area (Å²) in [6, 6.07) is 19.1. The highest BCUT2D eigenvalue weighted by Gasteiger charge is 2.03. The van der Waals surface area contributed by atoms with Crippen LogP contribution in [0.1, 0.15) is 11.1 Å². The van der Waals surface area contributed by atoms with Crippen LogP contribution in [0.2, 0.25) is 5.02 Å². The molecule has 0 spiro atoms. The van der Waals surface area contributed by atoms with Gasteiger partial charge < -0.3 is 5.32 Å². The molecule has 4 nitrogen and oxygen atoms in total. The van der Waals surface area contributed by atoms with Crippen LogP contribution in [0.15, 0.2) is 72.9 Å². The number of aromatic nitrogens is 2. The molecule has 1 N–H and O–H groups in total. The number of benzene rings is 2. The number of nitrogens with one attached hydrogen (secondary N) is 1. The van der Waals surface area contributed by atoms with Crippen LogP contribution in [0, 0.1) is 0 Å². The van der Waals surface area contributed by atoms with Gasteiger partial charge in [0.15, 0.2) is 5.82 Å². The molecule has 0 aliphatic carbocycles. The third-order valence-electron chi connectivity index (χ3n) is 3.40. The van der Waals surface area contributed by atoms with E-state index in [0.717, 1.165) is 11.1 Å².